The molecule has 2 fully saturated rings. The fourth-order valence-electron chi connectivity index (χ4n) is 3.76. The highest BCUT2D eigenvalue weighted by molar-refractivity contribution is 5.97. The first-order chi connectivity index (χ1) is 12.1. The number of hydrogen-bond donors (Lipinski definition) is 1. The van der Waals surface area contributed by atoms with E-state index < -0.39 is 0 Å². The van der Waals surface area contributed by atoms with E-state index in [2.05, 4.69) is 5.32 Å². The molecule has 25 heavy (non-hydrogen) atoms. The molecule has 3 rings (SSSR count). The van der Waals surface area contributed by atoms with Gasteiger partial charge in [0.1, 0.15) is 5.75 Å². The largest absolute Gasteiger partial charge is 0.483 e. The Kier molecular flexibility index (Phi) is 5.61. The van der Waals surface area contributed by atoms with E-state index in [-0.39, 0.29) is 18.4 Å². The van der Waals surface area contributed by atoms with Crippen LogP contribution >= 0.6 is 0 Å². The second-order valence-corrected chi connectivity index (χ2v) is 7.45. The molecular weight excluding hydrogens is 316 g/mol. The highest BCUT2D eigenvalue weighted by Gasteiger charge is 2.44. The Morgan fingerprint density at radius 3 is 2.60 bits per heavy atom. The van der Waals surface area contributed by atoms with E-state index in [9.17, 15) is 9.59 Å². The van der Waals surface area contributed by atoms with Crippen molar-refractivity contribution in [3.63, 3.8) is 0 Å². The lowest BCUT2D eigenvalue weighted by Crippen LogP contribution is -2.30. The van der Waals surface area contributed by atoms with Crippen molar-refractivity contribution < 1.29 is 14.3 Å². The summed E-state index contributed by atoms with van der Waals surface area (Å²) in [6, 6.07) is 7.42. The van der Waals surface area contributed by atoms with Gasteiger partial charge < -0.3 is 15.0 Å². The summed E-state index contributed by atoms with van der Waals surface area (Å²) in [5.74, 6) is 1.66. The number of nitrogens with zero attached hydrogens (tertiary/aromatic N) is 1. The van der Waals surface area contributed by atoms with E-state index in [0.717, 1.165) is 12.3 Å². The molecule has 2 aliphatic carbocycles. The van der Waals surface area contributed by atoms with Crippen molar-refractivity contribution in [2.45, 2.75) is 44.6 Å². The van der Waals surface area contributed by atoms with Crippen molar-refractivity contribution >= 4 is 11.8 Å². The topological polar surface area (TPSA) is 58.6 Å². The maximum Gasteiger partial charge on any atom is 0.259 e. The van der Waals surface area contributed by atoms with Gasteiger partial charge in [-0.25, -0.2) is 0 Å². The third kappa shape index (κ3) is 4.53. The molecule has 1 aromatic carbocycles. The molecule has 2 amide bonds. The quantitative estimate of drug-likeness (QED) is 0.863. The summed E-state index contributed by atoms with van der Waals surface area (Å²) in [6.07, 6.45) is 7.73. The molecule has 0 heterocycles. The number of carbonyl (C=O) groups excluding carboxylic acids is 2. The number of rotatable bonds is 6. The minimum absolute atomic E-state index is 0.0641. The van der Waals surface area contributed by atoms with Gasteiger partial charge in [-0.15, -0.1) is 0 Å². The summed E-state index contributed by atoms with van der Waals surface area (Å²) in [4.78, 5) is 25.8. The van der Waals surface area contributed by atoms with Crippen molar-refractivity contribution in [3.05, 3.63) is 29.8 Å². The summed E-state index contributed by atoms with van der Waals surface area (Å²) < 4.78 is 5.57. The second-order valence-electron chi connectivity index (χ2n) is 7.45. The summed E-state index contributed by atoms with van der Waals surface area (Å²) in [5.41, 5.74) is 0.503. The number of likely N-dealkylation sites (N-methyl/N-ethyl adjacent to an activating group) is 1. The van der Waals surface area contributed by atoms with E-state index in [0.29, 0.717) is 23.3 Å². The first-order valence-corrected chi connectivity index (χ1v) is 9.29. The normalized spacial score (nSPS) is 23.0. The number of benzene rings is 1. The maximum absolute atomic E-state index is 12.6. The molecule has 1 N–H and O–H groups in total. The zero-order valence-corrected chi connectivity index (χ0v) is 15.2. The van der Waals surface area contributed by atoms with Crippen LogP contribution in [0.4, 0.5) is 0 Å². The van der Waals surface area contributed by atoms with Gasteiger partial charge in [0.25, 0.3) is 11.8 Å². The summed E-state index contributed by atoms with van der Waals surface area (Å²) >= 11 is 0. The van der Waals surface area contributed by atoms with Gasteiger partial charge in [0.15, 0.2) is 6.61 Å². The Hall–Kier alpha value is -2.04. The summed E-state index contributed by atoms with van der Waals surface area (Å²) in [6.45, 7) is -0.0641. The van der Waals surface area contributed by atoms with Crippen LogP contribution in [0, 0.1) is 11.8 Å². The van der Waals surface area contributed by atoms with Crippen LogP contribution in [0.5, 0.6) is 5.75 Å². The van der Waals surface area contributed by atoms with Crippen LogP contribution in [0.1, 0.15) is 48.9 Å². The molecule has 0 spiro atoms. The van der Waals surface area contributed by atoms with E-state index in [1.807, 2.05) is 12.1 Å². The van der Waals surface area contributed by atoms with Crippen LogP contribution in [-0.4, -0.2) is 43.5 Å². The molecule has 136 valence electrons. The van der Waals surface area contributed by atoms with Gasteiger partial charge in [0.05, 0.1) is 5.56 Å². The maximum atomic E-state index is 12.6. The molecule has 2 unspecified atom stereocenters. The molecule has 5 heteroatoms. The lowest BCUT2D eigenvalue weighted by molar-refractivity contribution is -0.130. The molecule has 2 aliphatic rings. The van der Waals surface area contributed by atoms with E-state index in [1.165, 1.54) is 37.0 Å². The predicted molar refractivity (Wildman–Crippen MR) is 96.6 cm³/mol. The SMILES string of the molecule is CN(C)C(=O)COc1ccccc1C(=O)NC1CC1C1CCCCC1. The van der Waals surface area contributed by atoms with Crippen LogP contribution in [-0.2, 0) is 4.79 Å². The van der Waals surface area contributed by atoms with Gasteiger partial charge in [0, 0.05) is 20.1 Å². The zero-order chi connectivity index (χ0) is 17.8. The Labute approximate surface area is 149 Å². The summed E-state index contributed by atoms with van der Waals surface area (Å²) in [7, 11) is 3.37. The highest BCUT2D eigenvalue weighted by Crippen LogP contribution is 2.44. The average Bonchev–Trinajstić information content (AvgIpc) is 3.39. The van der Waals surface area contributed by atoms with Crippen molar-refractivity contribution in [1.82, 2.24) is 10.2 Å². The first-order valence-electron chi connectivity index (χ1n) is 9.29. The molecule has 0 bridgehead atoms. The van der Waals surface area contributed by atoms with Crippen molar-refractivity contribution in [3.8, 4) is 5.75 Å². The van der Waals surface area contributed by atoms with Crippen LogP contribution in [0.15, 0.2) is 24.3 Å². The molecule has 0 aliphatic heterocycles. The molecule has 5 nitrogen and oxygen atoms in total. The monoisotopic (exact) mass is 344 g/mol. The third-order valence-electron chi connectivity index (χ3n) is 5.39. The summed E-state index contributed by atoms with van der Waals surface area (Å²) in [5, 5.41) is 3.15. The van der Waals surface area contributed by atoms with Crippen LogP contribution in [0.25, 0.3) is 0 Å². The van der Waals surface area contributed by atoms with E-state index in [1.54, 1.807) is 26.2 Å². The smallest absolute Gasteiger partial charge is 0.259 e. The number of ether oxygens (including phenoxy) is 1. The Balaban J connectivity index is 1.56. The van der Waals surface area contributed by atoms with Crippen LogP contribution in [0.2, 0.25) is 0 Å². The van der Waals surface area contributed by atoms with E-state index >= 15 is 0 Å². The molecule has 1 aromatic rings. The predicted octanol–water partition coefficient (Wildman–Crippen LogP) is 2.85. The third-order valence-corrected chi connectivity index (χ3v) is 5.39. The molecule has 0 saturated heterocycles. The number of carbonyl (C=O) groups is 2. The Morgan fingerprint density at radius 1 is 1.16 bits per heavy atom. The highest BCUT2D eigenvalue weighted by atomic mass is 16.5. The Bertz CT molecular complexity index is 623. The van der Waals surface area contributed by atoms with Gasteiger partial charge in [-0.3, -0.25) is 9.59 Å². The first kappa shape index (κ1) is 17.8. The zero-order valence-electron chi connectivity index (χ0n) is 15.2. The Morgan fingerprint density at radius 2 is 1.88 bits per heavy atom. The molecule has 0 radical (unpaired) electrons. The van der Waals surface area contributed by atoms with E-state index in [4.69, 9.17) is 4.74 Å². The lowest BCUT2D eigenvalue weighted by atomic mass is 9.85. The van der Waals surface area contributed by atoms with Gasteiger partial charge in [-0.2, -0.15) is 0 Å². The lowest BCUT2D eigenvalue weighted by Gasteiger charge is -2.21. The van der Waals surface area contributed by atoms with Crippen LogP contribution in [0.3, 0.4) is 0 Å². The molecule has 2 atom stereocenters. The number of para-hydroxylation sites is 1. The molecule has 2 saturated carbocycles. The van der Waals surface area contributed by atoms with Gasteiger partial charge >= 0.3 is 0 Å². The number of amides is 2. The molecular formula is C20H28N2O3. The van der Waals surface area contributed by atoms with Crippen molar-refractivity contribution in [2.24, 2.45) is 11.8 Å². The van der Waals surface area contributed by atoms with Crippen molar-refractivity contribution in [1.29, 1.82) is 0 Å². The van der Waals surface area contributed by atoms with Gasteiger partial charge in [-0.1, -0.05) is 44.2 Å². The number of hydrogen-bond acceptors (Lipinski definition) is 3. The van der Waals surface area contributed by atoms with Gasteiger partial charge in [-0.05, 0) is 30.4 Å². The standard InChI is InChI=1S/C20H28N2O3/c1-22(2)19(23)13-25-18-11-7-6-10-15(18)20(24)21-17-12-16(17)14-8-4-3-5-9-14/h6-7,10-11,14,16-17H,3-5,8-9,12-13H2,1-2H3,(H,21,24). The second kappa shape index (κ2) is 7.89. The minimum Gasteiger partial charge on any atom is -0.483 e. The average molecular weight is 344 g/mol. The molecule has 0 aromatic heterocycles. The van der Waals surface area contributed by atoms with Crippen molar-refractivity contribution in [2.75, 3.05) is 20.7 Å². The fraction of sp³-hybridized carbons (Fsp3) is 0.600. The minimum atomic E-state index is -0.130. The van der Waals surface area contributed by atoms with Crippen LogP contribution < -0.4 is 10.1 Å². The van der Waals surface area contributed by atoms with Gasteiger partial charge in [0.2, 0.25) is 0 Å². The number of nitrogens with one attached hydrogen (secondary N) is 1. The fourth-order valence-corrected chi connectivity index (χ4v) is 3.76.